The van der Waals surface area contributed by atoms with Crippen molar-refractivity contribution in [3.8, 4) is 23.1 Å². The van der Waals surface area contributed by atoms with E-state index in [1.807, 2.05) is 0 Å². The fraction of sp³-hybridized carbons (Fsp3) is 0.111. The van der Waals surface area contributed by atoms with E-state index in [-0.39, 0.29) is 17.5 Å². The third-order valence-corrected chi connectivity index (χ3v) is 1.84. The van der Waals surface area contributed by atoms with Crippen molar-refractivity contribution < 1.29 is 14.3 Å². The van der Waals surface area contributed by atoms with Gasteiger partial charge in [0.15, 0.2) is 0 Å². The van der Waals surface area contributed by atoms with E-state index in [4.69, 9.17) is 9.15 Å². The summed E-state index contributed by atoms with van der Waals surface area (Å²) in [6, 6.07) is 3.27. The topological polar surface area (TPSA) is 88.4 Å². The monoisotopic (exact) mass is 208 g/mol. The van der Waals surface area contributed by atoms with E-state index in [1.165, 1.54) is 13.3 Å². The maximum Gasteiger partial charge on any atom is 0.419 e. The second-order valence-electron chi connectivity index (χ2n) is 2.75. The van der Waals surface area contributed by atoms with Gasteiger partial charge in [0.1, 0.15) is 0 Å². The smallest absolute Gasteiger partial charge is 0.419 e. The largest absolute Gasteiger partial charge is 0.492 e. The standard InChI is InChI=1S/C9H8N2O4/c1-14-8-5(3-2-4-10-8)6-7(12)11-9(13)15-6/h2-4,12H,1H3,(H,11,13). The predicted molar refractivity (Wildman–Crippen MR) is 50.8 cm³/mol. The number of nitrogens with zero attached hydrogens (tertiary/aromatic N) is 1. The first-order chi connectivity index (χ1) is 7.22. The average Bonchev–Trinajstić information content (AvgIpc) is 2.57. The highest BCUT2D eigenvalue weighted by molar-refractivity contribution is 5.66. The quantitative estimate of drug-likeness (QED) is 0.760. The Balaban J connectivity index is 2.63. The first-order valence-electron chi connectivity index (χ1n) is 4.14. The van der Waals surface area contributed by atoms with Crippen molar-refractivity contribution in [3.63, 3.8) is 0 Å². The molecule has 2 rings (SSSR count). The summed E-state index contributed by atoms with van der Waals surface area (Å²) in [6.07, 6.45) is 1.53. The summed E-state index contributed by atoms with van der Waals surface area (Å²) in [5.74, 6) is -0.778. The average molecular weight is 208 g/mol. The summed E-state index contributed by atoms with van der Waals surface area (Å²) in [6.45, 7) is 0. The molecule has 0 fully saturated rings. The molecule has 0 aromatic carbocycles. The molecular formula is C9H8N2O4. The number of aromatic amines is 1. The van der Waals surface area contributed by atoms with Gasteiger partial charge >= 0.3 is 5.76 Å². The highest BCUT2D eigenvalue weighted by Gasteiger charge is 2.16. The van der Waals surface area contributed by atoms with Crippen LogP contribution in [0.2, 0.25) is 0 Å². The molecule has 0 amide bonds. The number of aromatic nitrogens is 2. The number of oxazole rings is 1. The van der Waals surface area contributed by atoms with Crippen LogP contribution in [0.5, 0.6) is 11.8 Å². The van der Waals surface area contributed by atoms with Crippen molar-refractivity contribution in [1.29, 1.82) is 0 Å². The molecule has 15 heavy (non-hydrogen) atoms. The molecule has 0 spiro atoms. The zero-order valence-electron chi connectivity index (χ0n) is 7.85. The molecule has 0 radical (unpaired) electrons. The maximum atomic E-state index is 10.8. The van der Waals surface area contributed by atoms with Crippen LogP contribution in [0.4, 0.5) is 0 Å². The minimum absolute atomic E-state index is 0.0185. The number of aromatic hydroxyl groups is 1. The highest BCUT2D eigenvalue weighted by Crippen LogP contribution is 2.31. The van der Waals surface area contributed by atoms with Crippen LogP contribution in [0.25, 0.3) is 11.3 Å². The normalized spacial score (nSPS) is 10.2. The summed E-state index contributed by atoms with van der Waals surface area (Å²) in [5, 5.41) is 9.37. The lowest BCUT2D eigenvalue weighted by Gasteiger charge is -2.02. The number of pyridine rings is 1. The van der Waals surface area contributed by atoms with Crippen LogP contribution in [0, 0.1) is 0 Å². The first kappa shape index (κ1) is 9.32. The van der Waals surface area contributed by atoms with Crippen molar-refractivity contribution in [2.75, 3.05) is 7.11 Å². The Hall–Kier alpha value is -2.24. The van der Waals surface area contributed by atoms with Gasteiger partial charge in [0, 0.05) is 6.20 Å². The Kier molecular flexibility index (Phi) is 2.17. The number of nitrogens with one attached hydrogen (secondary N) is 1. The molecule has 6 heteroatoms. The van der Waals surface area contributed by atoms with E-state index in [0.29, 0.717) is 5.56 Å². The molecule has 2 N–H and O–H groups in total. The molecule has 0 bridgehead atoms. The molecule has 0 saturated carbocycles. The molecule has 2 aromatic heterocycles. The van der Waals surface area contributed by atoms with E-state index in [9.17, 15) is 9.90 Å². The Labute approximate surface area is 84.2 Å². The summed E-state index contributed by atoms with van der Waals surface area (Å²) in [7, 11) is 1.44. The van der Waals surface area contributed by atoms with Gasteiger partial charge in [0.05, 0.1) is 12.7 Å². The lowest BCUT2D eigenvalue weighted by Crippen LogP contribution is -1.93. The third-order valence-electron chi connectivity index (χ3n) is 1.84. The molecule has 0 aliphatic rings. The second kappa shape index (κ2) is 3.49. The number of methoxy groups -OCH3 is 1. The fourth-order valence-corrected chi connectivity index (χ4v) is 1.23. The van der Waals surface area contributed by atoms with E-state index in [0.717, 1.165) is 0 Å². The van der Waals surface area contributed by atoms with Crippen LogP contribution < -0.4 is 10.5 Å². The minimum atomic E-state index is -0.728. The summed E-state index contributed by atoms with van der Waals surface area (Å²) in [4.78, 5) is 16.9. The molecule has 0 aliphatic heterocycles. The molecule has 0 unspecified atom stereocenters. The molecule has 6 nitrogen and oxygen atoms in total. The van der Waals surface area contributed by atoms with Crippen molar-refractivity contribution in [1.82, 2.24) is 9.97 Å². The lowest BCUT2D eigenvalue weighted by molar-refractivity contribution is 0.396. The number of H-pyrrole nitrogens is 1. The number of hydrogen-bond acceptors (Lipinski definition) is 5. The Morgan fingerprint density at radius 1 is 1.60 bits per heavy atom. The van der Waals surface area contributed by atoms with Gasteiger partial charge < -0.3 is 14.3 Å². The van der Waals surface area contributed by atoms with Gasteiger partial charge in [-0.2, -0.15) is 0 Å². The van der Waals surface area contributed by atoms with Crippen LogP contribution in [-0.2, 0) is 0 Å². The SMILES string of the molecule is COc1ncccc1-c1oc(=O)[nH]c1O. The van der Waals surface area contributed by atoms with Gasteiger partial charge in [-0.25, -0.2) is 9.78 Å². The van der Waals surface area contributed by atoms with Gasteiger partial charge in [-0.1, -0.05) is 0 Å². The summed E-state index contributed by atoms with van der Waals surface area (Å²) in [5.41, 5.74) is 0.413. The second-order valence-corrected chi connectivity index (χ2v) is 2.75. The molecule has 2 aromatic rings. The summed E-state index contributed by atoms with van der Waals surface area (Å²) < 4.78 is 9.73. The van der Waals surface area contributed by atoms with Crippen molar-refractivity contribution in [2.45, 2.75) is 0 Å². The number of hydrogen-bond donors (Lipinski definition) is 2. The van der Waals surface area contributed by atoms with Gasteiger partial charge in [-0.15, -0.1) is 0 Å². The molecule has 0 saturated heterocycles. The minimum Gasteiger partial charge on any atom is -0.492 e. The molecular weight excluding hydrogens is 200 g/mol. The third kappa shape index (κ3) is 1.56. The van der Waals surface area contributed by atoms with Crippen LogP contribution in [0.1, 0.15) is 0 Å². The van der Waals surface area contributed by atoms with Crippen molar-refractivity contribution >= 4 is 0 Å². The van der Waals surface area contributed by atoms with Gasteiger partial charge in [-0.3, -0.25) is 4.98 Å². The maximum absolute atomic E-state index is 10.8. The zero-order valence-corrected chi connectivity index (χ0v) is 7.85. The van der Waals surface area contributed by atoms with Crippen LogP contribution in [0.3, 0.4) is 0 Å². The molecule has 0 aliphatic carbocycles. The van der Waals surface area contributed by atoms with Gasteiger partial charge in [0.25, 0.3) is 0 Å². The van der Waals surface area contributed by atoms with Crippen LogP contribution >= 0.6 is 0 Å². The van der Waals surface area contributed by atoms with Crippen molar-refractivity contribution in [2.24, 2.45) is 0 Å². The fourth-order valence-electron chi connectivity index (χ4n) is 1.23. The number of rotatable bonds is 2. The first-order valence-corrected chi connectivity index (χ1v) is 4.14. The Morgan fingerprint density at radius 3 is 3.00 bits per heavy atom. The zero-order chi connectivity index (χ0) is 10.8. The van der Waals surface area contributed by atoms with Gasteiger partial charge in [0.2, 0.25) is 17.5 Å². The number of ether oxygens (including phenoxy) is 1. The van der Waals surface area contributed by atoms with Crippen molar-refractivity contribution in [3.05, 3.63) is 28.9 Å². The van der Waals surface area contributed by atoms with E-state index >= 15 is 0 Å². The molecule has 78 valence electrons. The molecule has 2 heterocycles. The Bertz CT molecular complexity index is 529. The van der Waals surface area contributed by atoms with Gasteiger partial charge in [-0.05, 0) is 12.1 Å². The molecule has 0 atom stereocenters. The predicted octanol–water partition coefficient (Wildman–Crippen LogP) is 0.744. The van der Waals surface area contributed by atoms with E-state index in [1.54, 1.807) is 12.1 Å². The van der Waals surface area contributed by atoms with E-state index in [2.05, 4.69) is 9.97 Å². The van der Waals surface area contributed by atoms with Crippen LogP contribution in [0.15, 0.2) is 27.5 Å². The lowest BCUT2D eigenvalue weighted by atomic mass is 10.2. The van der Waals surface area contributed by atoms with Crippen LogP contribution in [-0.4, -0.2) is 22.2 Å². The summed E-state index contributed by atoms with van der Waals surface area (Å²) >= 11 is 0. The Morgan fingerprint density at radius 2 is 2.40 bits per heavy atom. The van der Waals surface area contributed by atoms with E-state index < -0.39 is 5.76 Å². The highest BCUT2D eigenvalue weighted by atomic mass is 16.5.